The maximum absolute atomic E-state index is 13.0. The number of benzene rings is 1. The number of rotatable bonds is 6. The molecule has 0 saturated carbocycles. The zero-order chi connectivity index (χ0) is 12.8. The third-order valence-electron chi connectivity index (χ3n) is 2.00. The second-order valence-electron chi connectivity index (χ2n) is 3.77. The molecule has 3 nitrogen and oxygen atoms in total. The van der Waals surface area contributed by atoms with Gasteiger partial charge in [0.15, 0.2) is 0 Å². The van der Waals surface area contributed by atoms with Crippen LogP contribution in [0.1, 0.15) is 19.4 Å². The summed E-state index contributed by atoms with van der Waals surface area (Å²) in [4.78, 5) is 0.115. The van der Waals surface area contributed by atoms with Crippen LogP contribution in [-0.2, 0) is 4.74 Å². The summed E-state index contributed by atoms with van der Waals surface area (Å²) in [6.07, 6.45) is 0.155. The third kappa shape index (κ3) is 4.66. The molecule has 1 rings (SSSR count). The Morgan fingerprint density at radius 2 is 2.12 bits per heavy atom. The Hall–Kier alpha value is -1.20. The molecule has 1 aromatic rings. The van der Waals surface area contributed by atoms with E-state index in [1.807, 2.05) is 13.8 Å². The lowest BCUT2D eigenvalue weighted by molar-refractivity contribution is 0.0552. The van der Waals surface area contributed by atoms with Gasteiger partial charge in [-0.2, -0.15) is 0 Å². The van der Waals surface area contributed by atoms with E-state index in [1.165, 1.54) is 18.2 Å². The van der Waals surface area contributed by atoms with Crippen LogP contribution in [0.2, 0.25) is 0 Å². The van der Waals surface area contributed by atoms with E-state index >= 15 is 0 Å². The number of nitrogens with two attached hydrogens (primary N) is 1. The standard InChI is InChI=1S/C12H16FNO2S/c1-8(2)15-5-6-16-11-4-3-9(13)7-10(11)12(14)17/h3-4,7-8H,5-6H2,1-2H3,(H2,14,17). The lowest BCUT2D eigenvalue weighted by Crippen LogP contribution is -2.15. The molecular weight excluding hydrogens is 241 g/mol. The van der Waals surface area contributed by atoms with E-state index in [-0.39, 0.29) is 11.1 Å². The van der Waals surface area contributed by atoms with Gasteiger partial charge in [0.25, 0.3) is 0 Å². The molecule has 1 aromatic carbocycles. The Bertz CT molecular complexity index is 396. The number of thiocarbonyl (C=S) groups is 1. The Morgan fingerprint density at radius 1 is 1.41 bits per heavy atom. The van der Waals surface area contributed by atoms with Crippen molar-refractivity contribution in [3.8, 4) is 5.75 Å². The van der Waals surface area contributed by atoms with Crippen LogP contribution in [0.3, 0.4) is 0 Å². The maximum atomic E-state index is 13.0. The summed E-state index contributed by atoms with van der Waals surface area (Å²) in [6.45, 7) is 4.72. The molecule has 0 bridgehead atoms. The van der Waals surface area contributed by atoms with Crippen molar-refractivity contribution in [3.05, 3.63) is 29.6 Å². The summed E-state index contributed by atoms with van der Waals surface area (Å²) >= 11 is 4.83. The van der Waals surface area contributed by atoms with Crippen LogP contribution < -0.4 is 10.5 Å². The van der Waals surface area contributed by atoms with E-state index in [0.29, 0.717) is 24.5 Å². The van der Waals surface area contributed by atoms with Crippen LogP contribution in [0.5, 0.6) is 5.75 Å². The Balaban J connectivity index is 2.61. The Morgan fingerprint density at radius 3 is 2.71 bits per heavy atom. The molecule has 0 atom stereocenters. The average Bonchev–Trinajstić information content (AvgIpc) is 2.25. The predicted octanol–water partition coefficient (Wildman–Crippen LogP) is 2.26. The summed E-state index contributed by atoms with van der Waals surface area (Å²) in [5.41, 5.74) is 5.90. The van der Waals surface area contributed by atoms with Crippen LogP contribution in [-0.4, -0.2) is 24.3 Å². The Kier molecular flexibility index (Phi) is 5.31. The van der Waals surface area contributed by atoms with E-state index < -0.39 is 5.82 Å². The van der Waals surface area contributed by atoms with Crippen LogP contribution in [0.15, 0.2) is 18.2 Å². The van der Waals surface area contributed by atoms with E-state index in [9.17, 15) is 4.39 Å². The lowest BCUT2D eigenvalue weighted by Gasteiger charge is -2.12. The van der Waals surface area contributed by atoms with Crippen molar-refractivity contribution in [1.29, 1.82) is 0 Å². The van der Waals surface area contributed by atoms with E-state index in [2.05, 4.69) is 0 Å². The van der Waals surface area contributed by atoms with Gasteiger partial charge in [-0.15, -0.1) is 0 Å². The third-order valence-corrected chi connectivity index (χ3v) is 2.22. The highest BCUT2D eigenvalue weighted by Crippen LogP contribution is 2.19. The smallest absolute Gasteiger partial charge is 0.129 e. The van der Waals surface area contributed by atoms with Crippen LogP contribution in [0.25, 0.3) is 0 Å². The van der Waals surface area contributed by atoms with Crippen molar-refractivity contribution in [2.45, 2.75) is 20.0 Å². The van der Waals surface area contributed by atoms with Gasteiger partial charge in [-0.3, -0.25) is 0 Å². The SMILES string of the molecule is CC(C)OCCOc1ccc(F)cc1C(N)=S. The van der Waals surface area contributed by atoms with Crippen molar-refractivity contribution < 1.29 is 13.9 Å². The molecule has 5 heteroatoms. The molecule has 0 aromatic heterocycles. The van der Waals surface area contributed by atoms with Crippen molar-refractivity contribution in [3.63, 3.8) is 0 Å². The number of ether oxygens (including phenoxy) is 2. The molecule has 0 saturated heterocycles. The van der Waals surface area contributed by atoms with Crippen molar-refractivity contribution >= 4 is 17.2 Å². The topological polar surface area (TPSA) is 44.5 Å². The van der Waals surface area contributed by atoms with Crippen molar-refractivity contribution in [1.82, 2.24) is 0 Å². The zero-order valence-corrected chi connectivity index (χ0v) is 10.7. The van der Waals surface area contributed by atoms with Crippen LogP contribution >= 0.6 is 12.2 Å². The normalized spacial score (nSPS) is 10.6. The fourth-order valence-corrected chi connectivity index (χ4v) is 1.42. The number of hydrogen-bond donors (Lipinski definition) is 1. The highest BCUT2D eigenvalue weighted by molar-refractivity contribution is 7.80. The first-order valence-electron chi connectivity index (χ1n) is 5.34. The van der Waals surface area contributed by atoms with Crippen LogP contribution in [0, 0.1) is 5.82 Å². The fourth-order valence-electron chi connectivity index (χ4n) is 1.26. The highest BCUT2D eigenvalue weighted by Gasteiger charge is 2.08. The Labute approximate surface area is 106 Å². The molecule has 0 spiro atoms. The number of halogens is 1. The van der Waals surface area contributed by atoms with Crippen molar-refractivity contribution in [2.24, 2.45) is 5.73 Å². The van der Waals surface area contributed by atoms with Gasteiger partial charge in [0.05, 0.1) is 18.3 Å². The summed E-state index contributed by atoms with van der Waals surface area (Å²) < 4.78 is 23.8. The predicted molar refractivity (Wildman–Crippen MR) is 68.9 cm³/mol. The first-order chi connectivity index (χ1) is 8.00. The molecule has 0 aliphatic carbocycles. The van der Waals surface area contributed by atoms with Gasteiger partial charge in [-0.25, -0.2) is 4.39 Å². The van der Waals surface area contributed by atoms with Gasteiger partial charge < -0.3 is 15.2 Å². The van der Waals surface area contributed by atoms with Crippen molar-refractivity contribution in [2.75, 3.05) is 13.2 Å². The molecule has 0 aliphatic heterocycles. The quantitative estimate of drug-likeness (QED) is 0.627. The van der Waals surface area contributed by atoms with E-state index in [4.69, 9.17) is 27.4 Å². The average molecular weight is 257 g/mol. The van der Waals surface area contributed by atoms with E-state index in [1.54, 1.807) is 0 Å². The molecule has 0 amide bonds. The summed E-state index contributed by atoms with van der Waals surface area (Å²) in [5.74, 6) is 0.0878. The molecule has 0 aliphatic rings. The molecule has 0 unspecified atom stereocenters. The molecule has 2 N–H and O–H groups in total. The molecule has 0 heterocycles. The summed E-state index contributed by atoms with van der Waals surface area (Å²) in [7, 11) is 0. The first-order valence-corrected chi connectivity index (χ1v) is 5.75. The maximum Gasteiger partial charge on any atom is 0.129 e. The van der Waals surface area contributed by atoms with Gasteiger partial charge in [-0.05, 0) is 32.0 Å². The zero-order valence-electron chi connectivity index (χ0n) is 9.90. The van der Waals surface area contributed by atoms with Crippen LogP contribution in [0.4, 0.5) is 4.39 Å². The molecule has 94 valence electrons. The largest absolute Gasteiger partial charge is 0.490 e. The second-order valence-corrected chi connectivity index (χ2v) is 4.21. The highest BCUT2D eigenvalue weighted by atomic mass is 32.1. The molecule has 17 heavy (non-hydrogen) atoms. The fraction of sp³-hybridized carbons (Fsp3) is 0.417. The van der Waals surface area contributed by atoms with E-state index in [0.717, 1.165) is 0 Å². The second kappa shape index (κ2) is 6.51. The van der Waals surface area contributed by atoms with Gasteiger partial charge >= 0.3 is 0 Å². The summed E-state index contributed by atoms with van der Waals surface area (Å²) in [6, 6.07) is 4.08. The van der Waals surface area contributed by atoms with Gasteiger partial charge in [0.2, 0.25) is 0 Å². The molecule has 0 fully saturated rings. The number of hydrogen-bond acceptors (Lipinski definition) is 3. The minimum absolute atomic E-state index is 0.115. The minimum Gasteiger partial charge on any atom is -0.490 e. The monoisotopic (exact) mass is 257 g/mol. The molecular formula is C12H16FNO2S. The molecule has 0 radical (unpaired) electrons. The van der Waals surface area contributed by atoms with Gasteiger partial charge in [0, 0.05) is 0 Å². The first kappa shape index (κ1) is 13.9. The minimum atomic E-state index is -0.390. The van der Waals surface area contributed by atoms with Gasteiger partial charge in [0.1, 0.15) is 23.2 Å². The van der Waals surface area contributed by atoms with Gasteiger partial charge in [-0.1, -0.05) is 12.2 Å². The lowest BCUT2D eigenvalue weighted by atomic mass is 10.2. The summed E-state index contributed by atoms with van der Waals surface area (Å²) in [5, 5.41) is 0.